The molecule has 1 saturated heterocycles. The number of aromatic nitrogens is 2. The van der Waals surface area contributed by atoms with E-state index in [1.54, 1.807) is 35.1 Å². The van der Waals surface area contributed by atoms with E-state index < -0.39 is 10.0 Å². The van der Waals surface area contributed by atoms with Gasteiger partial charge in [-0.3, -0.25) is 9.48 Å². The number of sulfonamides is 1. The van der Waals surface area contributed by atoms with Crippen molar-refractivity contribution >= 4 is 21.6 Å². The van der Waals surface area contributed by atoms with E-state index in [0.717, 1.165) is 18.4 Å². The van der Waals surface area contributed by atoms with Crippen molar-refractivity contribution in [1.29, 1.82) is 0 Å². The average Bonchev–Trinajstić information content (AvgIpc) is 3.25. The van der Waals surface area contributed by atoms with Crippen LogP contribution in [0.4, 0.5) is 5.69 Å². The Morgan fingerprint density at radius 3 is 2.48 bits per heavy atom. The van der Waals surface area contributed by atoms with Crippen LogP contribution < -0.4 is 5.32 Å². The molecule has 0 atom stereocenters. The molecule has 2 heterocycles. The molecule has 1 amide bonds. The van der Waals surface area contributed by atoms with Crippen LogP contribution in [0.15, 0.2) is 41.6 Å². The van der Waals surface area contributed by atoms with Gasteiger partial charge in [-0.1, -0.05) is 0 Å². The van der Waals surface area contributed by atoms with Gasteiger partial charge in [0.1, 0.15) is 0 Å². The molecule has 7 nitrogen and oxygen atoms in total. The molecule has 1 fully saturated rings. The number of amides is 1. The van der Waals surface area contributed by atoms with Gasteiger partial charge < -0.3 is 5.32 Å². The van der Waals surface area contributed by atoms with Crippen LogP contribution in [-0.4, -0.2) is 41.5 Å². The highest BCUT2D eigenvalue weighted by Gasteiger charge is 2.26. The normalized spacial score (nSPS) is 15.4. The predicted molar refractivity (Wildman–Crippen MR) is 94.6 cm³/mol. The van der Waals surface area contributed by atoms with Gasteiger partial charge in [0.15, 0.2) is 0 Å². The van der Waals surface area contributed by atoms with Crippen LogP contribution in [0.5, 0.6) is 0 Å². The summed E-state index contributed by atoms with van der Waals surface area (Å²) in [4.78, 5) is 12.3. The fourth-order valence-electron chi connectivity index (χ4n) is 2.87. The maximum atomic E-state index is 12.5. The molecule has 2 aromatic rings. The highest BCUT2D eigenvalue weighted by molar-refractivity contribution is 7.89. The van der Waals surface area contributed by atoms with Crippen molar-refractivity contribution in [1.82, 2.24) is 14.1 Å². The number of nitrogens with zero attached hydrogens (tertiary/aromatic N) is 3. The number of hydrogen-bond donors (Lipinski definition) is 1. The van der Waals surface area contributed by atoms with E-state index in [0.29, 0.717) is 31.6 Å². The molecule has 0 aliphatic carbocycles. The molecular formula is C17H22N4O3S. The maximum Gasteiger partial charge on any atom is 0.243 e. The van der Waals surface area contributed by atoms with Crippen LogP contribution in [0.1, 0.15) is 24.8 Å². The van der Waals surface area contributed by atoms with Crippen molar-refractivity contribution in [3.8, 4) is 0 Å². The molecule has 1 aromatic carbocycles. The van der Waals surface area contributed by atoms with Crippen molar-refractivity contribution < 1.29 is 13.2 Å². The topological polar surface area (TPSA) is 84.3 Å². The monoisotopic (exact) mass is 362 g/mol. The van der Waals surface area contributed by atoms with E-state index in [2.05, 4.69) is 10.4 Å². The van der Waals surface area contributed by atoms with Crippen LogP contribution >= 0.6 is 0 Å². The van der Waals surface area contributed by atoms with Gasteiger partial charge in [-0.2, -0.15) is 9.40 Å². The van der Waals surface area contributed by atoms with Crippen molar-refractivity contribution in [2.24, 2.45) is 7.05 Å². The zero-order valence-electron chi connectivity index (χ0n) is 14.2. The first kappa shape index (κ1) is 17.6. The van der Waals surface area contributed by atoms with E-state index in [9.17, 15) is 13.2 Å². The Hall–Kier alpha value is -2.19. The van der Waals surface area contributed by atoms with Gasteiger partial charge in [-0.05, 0) is 49.1 Å². The summed E-state index contributed by atoms with van der Waals surface area (Å²) in [5.41, 5.74) is 1.60. The Balaban J connectivity index is 1.57. The molecule has 0 spiro atoms. The van der Waals surface area contributed by atoms with Crippen molar-refractivity contribution in [3.63, 3.8) is 0 Å². The lowest BCUT2D eigenvalue weighted by molar-refractivity contribution is -0.116. The van der Waals surface area contributed by atoms with E-state index in [-0.39, 0.29) is 10.8 Å². The highest BCUT2D eigenvalue weighted by Crippen LogP contribution is 2.22. The second kappa shape index (κ2) is 7.37. The number of carbonyl (C=O) groups excluding carboxylic acids is 1. The van der Waals surface area contributed by atoms with Gasteiger partial charge >= 0.3 is 0 Å². The van der Waals surface area contributed by atoms with Gasteiger partial charge in [0.25, 0.3) is 0 Å². The lowest BCUT2D eigenvalue weighted by Crippen LogP contribution is -2.27. The summed E-state index contributed by atoms with van der Waals surface area (Å²) in [5.74, 6) is -0.112. The van der Waals surface area contributed by atoms with Gasteiger partial charge in [0.2, 0.25) is 15.9 Å². The summed E-state index contributed by atoms with van der Waals surface area (Å²) < 4.78 is 28.1. The molecule has 134 valence electrons. The lowest BCUT2D eigenvalue weighted by Gasteiger charge is -2.15. The van der Waals surface area contributed by atoms with Crippen molar-refractivity contribution in [3.05, 3.63) is 42.2 Å². The lowest BCUT2D eigenvalue weighted by atomic mass is 10.2. The molecule has 1 aliphatic rings. The third-order valence-corrected chi connectivity index (χ3v) is 6.15. The first-order valence-corrected chi connectivity index (χ1v) is 9.77. The zero-order valence-corrected chi connectivity index (χ0v) is 15.0. The summed E-state index contributed by atoms with van der Waals surface area (Å²) in [5, 5.41) is 6.86. The fraction of sp³-hybridized carbons (Fsp3) is 0.412. The molecule has 0 saturated carbocycles. The molecule has 1 aromatic heterocycles. The Labute approximate surface area is 147 Å². The second-order valence-corrected chi connectivity index (χ2v) is 8.14. The van der Waals surface area contributed by atoms with E-state index >= 15 is 0 Å². The largest absolute Gasteiger partial charge is 0.326 e. The first-order valence-electron chi connectivity index (χ1n) is 8.33. The van der Waals surface area contributed by atoms with Crippen LogP contribution in [-0.2, 0) is 28.3 Å². The summed E-state index contributed by atoms with van der Waals surface area (Å²) in [6.45, 7) is 1.16. The predicted octanol–water partition coefficient (Wildman–Crippen LogP) is 1.78. The summed E-state index contributed by atoms with van der Waals surface area (Å²) >= 11 is 0. The SMILES string of the molecule is Cn1cc(CCC(=O)Nc2ccc(S(=O)(=O)N3CCCC3)cc2)cn1. The third-order valence-electron chi connectivity index (χ3n) is 4.24. The van der Waals surface area contributed by atoms with E-state index in [1.165, 1.54) is 4.31 Å². The smallest absolute Gasteiger partial charge is 0.243 e. The first-order chi connectivity index (χ1) is 11.9. The van der Waals surface area contributed by atoms with Gasteiger partial charge in [-0.15, -0.1) is 0 Å². The van der Waals surface area contributed by atoms with Crippen molar-refractivity contribution in [2.75, 3.05) is 18.4 Å². The summed E-state index contributed by atoms with van der Waals surface area (Å²) in [6.07, 6.45) is 6.39. The van der Waals surface area contributed by atoms with Gasteiger partial charge in [-0.25, -0.2) is 8.42 Å². The Bertz CT molecular complexity index is 837. The minimum atomic E-state index is -3.42. The quantitative estimate of drug-likeness (QED) is 0.849. The molecule has 8 heteroatoms. The van der Waals surface area contributed by atoms with Gasteiger partial charge in [0, 0.05) is 38.4 Å². The molecule has 25 heavy (non-hydrogen) atoms. The molecule has 1 aliphatic heterocycles. The molecular weight excluding hydrogens is 340 g/mol. The maximum absolute atomic E-state index is 12.5. The molecule has 3 rings (SSSR count). The molecule has 0 unspecified atom stereocenters. The fourth-order valence-corrected chi connectivity index (χ4v) is 4.39. The van der Waals surface area contributed by atoms with Crippen LogP contribution in [0.3, 0.4) is 0 Å². The Morgan fingerprint density at radius 2 is 1.88 bits per heavy atom. The molecule has 1 N–H and O–H groups in total. The Kier molecular flexibility index (Phi) is 5.19. The van der Waals surface area contributed by atoms with E-state index in [1.807, 2.05) is 13.2 Å². The average molecular weight is 362 g/mol. The zero-order chi connectivity index (χ0) is 17.9. The third kappa shape index (κ3) is 4.26. The summed E-state index contributed by atoms with van der Waals surface area (Å²) in [7, 11) is -1.58. The van der Waals surface area contributed by atoms with Crippen LogP contribution in [0.2, 0.25) is 0 Å². The number of nitrogens with one attached hydrogen (secondary N) is 1. The van der Waals surface area contributed by atoms with E-state index in [4.69, 9.17) is 0 Å². The number of rotatable bonds is 6. The number of benzene rings is 1. The van der Waals surface area contributed by atoms with Crippen molar-refractivity contribution in [2.45, 2.75) is 30.6 Å². The summed E-state index contributed by atoms with van der Waals surface area (Å²) in [6, 6.07) is 6.35. The minimum Gasteiger partial charge on any atom is -0.326 e. The second-order valence-electron chi connectivity index (χ2n) is 6.21. The number of hydrogen-bond acceptors (Lipinski definition) is 4. The number of anilines is 1. The van der Waals surface area contributed by atoms with Crippen LogP contribution in [0, 0.1) is 0 Å². The molecule has 0 radical (unpaired) electrons. The minimum absolute atomic E-state index is 0.112. The molecule has 0 bridgehead atoms. The number of aryl methyl sites for hydroxylation is 2. The van der Waals surface area contributed by atoms with Crippen LogP contribution in [0.25, 0.3) is 0 Å². The Morgan fingerprint density at radius 1 is 1.20 bits per heavy atom. The standard InChI is InChI=1S/C17H22N4O3S/c1-20-13-14(12-18-20)4-9-17(22)19-15-5-7-16(8-6-15)25(23,24)21-10-2-3-11-21/h5-8,12-13H,2-4,9-11H2,1H3,(H,19,22). The number of carbonyl (C=O) groups is 1. The van der Waals surface area contributed by atoms with Gasteiger partial charge in [0.05, 0.1) is 11.1 Å². The highest BCUT2D eigenvalue weighted by atomic mass is 32.2.